The molecule has 1 aliphatic rings. The van der Waals surface area contributed by atoms with E-state index < -0.39 is 11.9 Å². The van der Waals surface area contributed by atoms with Crippen molar-refractivity contribution in [2.45, 2.75) is 0 Å². The van der Waals surface area contributed by atoms with Gasteiger partial charge in [0.25, 0.3) is 0 Å². The van der Waals surface area contributed by atoms with Crippen LogP contribution in [-0.2, 0) is 23.8 Å². The van der Waals surface area contributed by atoms with Gasteiger partial charge in [0.2, 0.25) is 0 Å². The van der Waals surface area contributed by atoms with Gasteiger partial charge in [0.15, 0.2) is 0 Å². The van der Waals surface area contributed by atoms with Crippen LogP contribution in [0.25, 0.3) is 0 Å². The number of hydrogen-bond donors (Lipinski definition) is 1. The number of methoxy groups -OCH3 is 2. The lowest BCUT2D eigenvalue weighted by atomic mass is 10.2. The number of hydrogen-bond acceptors (Lipinski definition) is 7. The Morgan fingerprint density at radius 1 is 1.25 bits per heavy atom. The number of halogens is 1. The van der Waals surface area contributed by atoms with Gasteiger partial charge in [0, 0.05) is 13.1 Å². The van der Waals surface area contributed by atoms with E-state index in [1.807, 2.05) is 0 Å². The molecule has 0 saturated carbocycles. The average molecular weight is 355 g/mol. The molecule has 7 nitrogen and oxygen atoms in total. The van der Waals surface area contributed by atoms with Crippen molar-refractivity contribution in [2.24, 2.45) is 0 Å². The molecule has 0 spiro atoms. The molecule has 0 atom stereocenters. The Bertz CT molecular complexity index is 641. The summed E-state index contributed by atoms with van der Waals surface area (Å²) in [5.74, 6) is -1.36. The number of anilines is 2. The van der Waals surface area contributed by atoms with E-state index in [4.69, 9.17) is 21.1 Å². The summed E-state index contributed by atoms with van der Waals surface area (Å²) in [4.78, 5) is 25.5. The van der Waals surface area contributed by atoms with Gasteiger partial charge < -0.3 is 24.4 Å². The summed E-state index contributed by atoms with van der Waals surface area (Å²) in [6.07, 6.45) is 1.04. The predicted molar refractivity (Wildman–Crippen MR) is 90.2 cm³/mol. The molecule has 0 unspecified atom stereocenters. The molecule has 0 bridgehead atoms. The maximum absolute atomic E-state index is 11.9. The van der Waals surface area contributed by atoms with Gasteiger partial charge in [0.1, 0.15) is 5.70 Å². The Morgan fingerprint density at radius 3 is 2.58 bits per heavy atom. The van der Waals surface area contributed by atoms with Gasteiger partial charge in [0.05, 0.1) is 49.9 Å². The van der Waals surface area contributed by atoms with Crippen LogP contribution < -0.4 is 10.2 Å². The SMILES string of the molecule is COC(=O)/C=C(/Nc1cccc(Cl)c1N1CCOCC1)C(=O)OC. The smallest absolute Gasteiger partial charge is 0.354 e. The fourth-order valence-corrected chi connectivity index (χ4v) is 2.60. The van der Waals surface area contributed by atoms with E-state index in [2.05, 4.69) is 15.0 Å². The normalized spacial score (nSPS) is 15.0. The summed E-state index contributed by atoms with van der Waals surface area (Å²) >= 11 is 6.34. The third-order valence-electron chi connectivity index (χ3n) is 3.45. The molecule has 0 radical (unpaired) electrons. The number of benzene rings is 1. The molecule has 1 heterocycles. The zero-order valence-corrected chi connectivity index (χ0v) is 14.3. The van der Waals surface area contributed by atoms with E-state index in [1.54, 1.807) is 18.2 Å². The molecule has 1 N–H and O–H groups in total. The number of nitrogens with one attached hydrogen (secondary N) is 1. The molecule has 2 rings (SSSR count). The van der Waals surface area contributed by atoms with Crippen LogP contribution in [0.5, 0.6) is 0 Å². The van der Waals surface area contributed by atoms with Crippen LogP contribution in [0.15, 0.2) is 30.0 Å². The molecule has 8 heteroatoms. The first-order valence-electron chi connectivity index (χ1n) is 7.33. The first-order chi connectivity index (χ1) is 11.6. The van der Waals surface area contributed by atoms with E-state index in [9.17, 15) is 9.59 Å². The number of nitrogens with zero attached hydrogens (tertiary/aromatic N) is 1. The van der Waals surface area contributed by atoms with Gasteiger partial charge in [-0.1, -0.05) is 17.7 Å². The highest BCUT2D eigenvalue weighted by molar-refractivity contribution is 6.34. The fraction of sp³-hybridized carbons (Fsp3) is 0.375. The van der Waals surface area contributed by atoms with Crippen molar-refractivity contribution in [2.75, 3.05) is 50.7 Å². The van der Waals surface area contributed by atoms with E-state index in [-0.39, 0.29) is 5.70 Å². The van der Waals surface area contributed by atoms with Crippen molar-refractivity contribution in [3.8, 4) is 0 Å². The van der Waals surface area contributed by atoms with Crippen molar-refractivity contribution in [3.63, 3.8) is 0 Å². The number of para-hydroxylation sites is 1. The summed E-state index contributed by atoms with van der Waals surface area (Å²) in [7, 11) is 2.46. The van der Waals surface area contributed by atoms with Gasteiger partial charge in [-0.05, 0) is 12.1 Å². The molecule has 1 fully saturated rings. The first-order valence-corrected chi connectivity index (χ1v) is 7.70. The maximum atomic E-state index is 11.9. The molecule has 0 amide bonds. The third-order valence-corrected chi connectivity index (χ3v) is 3.76. The Morgan fingerprint density at radius 2 is 1.96 bits per heavy atom. The zero-order chi connectivity index (χ0) is 17.5. The number of morpholine rings is 1. The summed E-state index contributed by atoms with van der Waals surface area (Å²) in [5, 5.41) is 3.45. The minimum atomic E-state index is -0.687. The van der Waals surface area contributed by atoms with Crippen molar-refractivity contribution in [1.82, 2.24) is 0 Å². The van der Waals surface area contributed by atoms with Crippen LogP contribution in [0.3, 0.4) is 0 Å². The Balaban J connectivity index is 2.36. The summed E-state index contributed by atoms with van der Waals surface area (Å²) in [6.45, 7) is 2.53. The minimum absolute atomic E-state index is 0.0406. The van der Waals surface area contributed by atoms with Gasteiger partial charge in [-0.2, -0.15) is 0 Å². The molecule has 1 saturated heterocycles. The Labute approximate surface area is 145 Å². The van der Waals surface area contributed by atoms with Crippen LogP contribution in [0.2, 0.25) is 5.02 Å². The van der Waals surface area contributed by atoms with Crippen LogP contribution >= 0.6 is 11.6 Å². The zero-order valence-electron chi connectivity index (χ0n) is 13.5. The second-order valence-corrected chi connectivity index (χ2v) is 5.34. The highest BCUT2D eigenvalue weighted by Crippen LogP contribution is 2.35. The second kappa shape index (κ2) is 8.56. The molecule has 1 aromatic carbocycles. The summed E-state index contributed by atoms with van der Waals surface area (Å²) in [6, 6.07) is 5.28. The molecule has 1 aromatic rings. The standard InChI is InChI=1S/C16H19ClN2O5/c1-22-14(20)10-13(16(21)23-2)18-12-5-3-4-11(17)15(12)19-6-8-24-9-7-19/h3-5,10,18H,6-9H2,1-2H3/b13-10+. The topological polar surface area (TPSA) is 77.1 Å². The van der Waals surface area contributed by atoms with Crippen molar-refractivity contribution >= 4 is 34.9 Å². The lowest BCUT2D eigenvalue weighted by Gasteiger charge is -2.31. The Kier molecular flexibility index (Phi) is 6.45. The highest BCUT2D eigenvalue weighted by atomic mass is 35.5. The number of carbonyl (C=O) groups is 2. The van der Waals surface area contributed by atoms with E-state index >= 15 is 0 Å². The van der Waals surface area contributed by atoms with Crippen LogP contribution in [-0.4, -0.2) is 52.5 Å². The second-order valence-electron chi connectivity index (χ2n) is 4.93. The Hall–Kier alpha value is -2.25. The monoisotopic (exact) mass is 354 g/mol. The number of esters is 2. The minimum Gasteiger partial charge on any atom is -0.466 e. The number of ether oxygens (including phenoxy) is 3. The molecule has 1 aliphatic heterocycles. The van der Waals surface area contributed by atoms with Crippen LogP contribution in [0.4, 0.5) is 11.4 Å². The van der Waals surface area contributed by atoms with Crippen molar-refractivity contribution < 1.29 is 23.8 Å². The summed E-state index contributed by atoms with van der Waals surface area (Å²) < 4.78 is 14.6. The van der Waals surface area contributed by atoms with Gasteiger partial charge in [-0.25, -0.2) is 9.59 Å². The molecular formula is C16H19ClN2O5. The van der Waals surface area contributed by atoms with E-state index in [1.165, 1.54) is 14.2 Å². The summed E-state index contributed by atoms with van der Waals surface area (Å²) in [5.41, 5.74) is 1.29. The average Bonchev–Trinajstić information content (AvgIpc) is 2.61. The molecular weight excluding hydrogens is 336 g/mol. The fourth-order valence-electron chi connectivity index (χ4n) is 2.30. The first kappa shape index (κ1) is 18.1. The van der Waals surface area contributed by atoms with E-state index in [0.717, 1.165) is 11.8 Å². The molecule has 0 aliphatic carbocycles. The van der Waals surface area contributed by atoms with Gasteiger partial charge in [-0.3, -0.25) is 0 Å². The van der Waals surface area contributed by atoms with Crippen LogP contribution in [0.1, 0.15) is 0 Å². The number of carbonyl (C=O) groups excluding carboxylic acids is 2. The third kappa shape index (κ3) is 4.39. The largest absolute Gasteiger partial charge is 0.466 e. The quantitative estimate of drug-likeness (QED) is 0.638. The molecule has 24 heavy (non-hydrogen) atoms. The maximum Gasteiger partial charge on any atom is 0.354 e. The highest BCUT2D eigenvalue weighted by Gasteiger charge is 2.20. The predicted octanol–water partition coefficient (Wildman–Crippen LogP) is 1.82. The van der Waals surface area contributed by atoms with E-state index in [0.29, 0.717) is 37.0 Å². The lowest BCUT2D eigenvalue weighted by molar-refractivity contribution is -0.138. The van der Waals surface area contributed by atoms with Gasteiger partial charge >= 0.3 is 11.9 Å². The van der Waals surface area contributed by atoms with Crippen LogP contribution in [0, 0.1) is 0 Å². The number of rotatable bonds is 5. The lowest BCUT2D eigenvalue weighted by Crippen LogP contribution is -2.37. The molecule has 0 aromatic heterocycles. The van der Waals surface area contributed by atoms with Crippen molar-refractivity contribution in [3.05, 3.63) is 35.0 Å². The van der Waals surface area contributed by atoms with Crippen molar-refractivity contribution in [1.29, 1.82) is 0 Å². The molecule has 130 valence electrons. The van der Waals surface area contributed by atoms with Gasteiger partial charge in [-0.15, -0.1) is 0 Å².